The molecule has 0 saturated heterocycles. The SMILES string of the molecule is C/C=C(\C)CC(C(=O)O)c1c(NC(=O)C(F)(F)F)c2c(c(C)c1OC)COC2=O. The molecule has 0 aromatic heterocycles. The lowest BCUT2D eigenvalue weighted by atomic mass is 9.85. The number of carbonyl (C=O) groups is 3. The van der Waals surface area contributed by atoms with Gasteiger partial charge in [-0.1, -0.05) is 11.6 Å². The maximum atomic E-state index is 12.9. The molecule has 1 aromatic carbocycles. The van der Waals surface area contributed by atoms with E-state index in [1.54, 1.807) is 32.2 Å². The van der Waals surface area contributed by atoms with Crippen molar-refractivity contribution in [3.05, 3.63) is 33.9 Å². The molecule has 7 nitrogen and oxygen atoms in total. The zero-order chi connectivity index (χ0) is 22.1. The molecule has 0 radical (unpaired) electrons. The Morgan fingerprint density at radius 1 is 1.38 bits per heavy atom. The lowest BCUT2D eigenvalue weighted by Gasteiger charge is -2.24. The van der Waals surface area contributed by atoms with E-state index in [2.05, 4.69) is 0 Å². The molecular formula is C19H20F3NO6. The molecule has 10 heteroatoms. The quantitative estimate of drug-likeness (QED) is 0.543. The number of aliphatic carboxylic acids is 1. The summed E-state index contributed by atoms with van der Waals surface area (Å²) >= 11 is 0. The number of anilines is 1. The third-order valence-electron chi connectivity index (χ3n) is 4.78. The summed E-state index contributed by atoms with van der Waals surface area (Å²) in [5, 5.41) is 11.5. The van der Waals surface area contributed by atoms with E-state index in [0.29, 0.717) is 11.1 Å². The lowest BCUT2D eigenvalue weighted by Crippen LogP contribution is -2.32. The maximum absolute atomic E-state index is 12.9. The van der Waals surface area contributed by atoms with E-state index in [0.717, 1.165) is 0 Å². The van der Waals surface area contributed by atoms with Gasteiger partial charge in [-0.25, -0.2) is 4.79 Å². The number of allylic oxidation sites excluding steroid dienone is 2. The number of alkyl halides is 3. The van der Waals surface area contributed by atoms with Gasteiger partial charge >= 0.3 is 24.0 Å². The van der Waals surface area contributed by atoms with E-state index in [4.69, 9.17) is 9.47 Å². The molecule has 2 N–H and O–H groups in total. The van der Waals surface area contributed by atoms with Gasteiger partial charge in [-0.15, -0.1) is 0 Å². The molecule has 29 heavy (non-hydrogen) atoms. The predicted molar refractivity (Wildman–Crippen MR) is 96.0 cm³/mol. The largest absolute Gasteiger partial charge is 0.496 e. The number of ether oxygens (including phenoxy) is 2. The van der Waals surface area contributed by atoms with Gasteiger partial charge in [0.15, 0.2) is 0 Å². The molecule has 1 heterocycles. The number of carboxylic acids is 1. The van der Waals surface area contributed by atoms with Gasteiger partial charge in [0.1, 0.15) is 12.4 Å². The average Bonchev–Trinajstić information content (AvgIpc) is 3.02. The summed E-state index contributed by atoms with van der Waals surface area (Å²) in [4.78, 5) is 35.9. The average molecular weight is 415 g/mol. The Morgan fingerprint density at radius 2 is 2.00 bits per heavy atom. The second-order valence-electron chi connectivity index (χ2n) is 6.56. The third kappa shape index (κ3) is 4.20. The zero-order valence-electron chi connectivity index (χ0n) is 16.2. The number of nitrogens with one attached hydrogen (secondary N) is 1. The topological polar surface area (TPSA) is 102 Å². The van der Waals surface area contributed by atoms with Crippen LogP contribution in [0.15, 0.2) is 11.6 Å². The van der Waals surface area contributed by atoms with Gasteiger partial charge in [0.05, 0.1) is 24.3 Å². The molecule has 1 amide bonds. The molecule has 158 valence electrons. The molecule has 1 aliphatic heterocycles. The highest BCUT2D eigenvalue weighted by molar-refractivity contribution is 6.07. The first kappa shape index (κ1) is 22.3. The molecule has 1 atom stereocenters. The van der Waals surface area contributed by atoms with Crippen LogP contribution in [0.3, 0.4) is 0 Å². The van der Waals surface area contributed by atoms with Crippen molar-refractivity contribution in [2.45, 2.75) is 45.9 Å². The molecule has 1 unspecified atom stereocenters. The number of amides is 1. The van der Waals surface area contributed by atoms with Gasteiger partial charge in [-0.2, -0.15) is 13.2 Å². The van der Waals surface area contributed by atoms with Crippen LogP contribution in [-0.2, 0) is 20.9 Å². The minimum absolute atomic E-state index is 0.0178. The van der Waals surface area contributed by atoms with Crippen LogP contribution in [0.5, 0.6) is 5.75 Å². The lowest BCUT2D eigenvalue weighted by molar-refractivity contribution is -0.167. The Morgan fingerprint density at radius 3 is 2.48 bits per heavy atom. The van der Waals surface area contributed by atoms with Crippen molar-refractivity contribution in [2.24, 2.45) is 0 Å². The number of benzene rings is 1. The van der Waals surface area contributed by atoms with Crippen molar-refractivity contribution in [3.8, 4) is 5.75 Å². The van der Waals surface area contributed by atoms with E-state index in [1.807, 2.05) is 0 Å². The fourth-order valence-electron chi connectivity index (χ4n) is 3.20. The van der Waals surface area contributed by atoms with Gasteiger partial charge in [0.2, 0.25) is 0 Å². The Labute approximate surface area is 164 Å². The van der Waals surface area contributed by atoms with Crippen LogP contribution in [0.4, 0.5) is 18.9 Å². The summed E-state index contributed by atoms with van der Waals surface area (Å²) in [5.74, 6) is -6.02. The summed E-state index contributed by atoms with van der Waals surface area (Å²) < 4.78 is 49.0. The van der Waals surface area contributed by atoms with E-state index < -0.39 is 35.6 Å². The monoisotopic (exact) mass is 415 g/mol. The molecular weight excluding hydrogens is 395 g/mol. The van der Waals surface area contributed by atoms with Crippen molar-refractivity contribution < 1.29 is 42.1 Å². The minimum atomic E-state index is -5.25. The number of fused-ring (bicyclic) bond motifs is 1. The van der Waals surface area contributed by atoms with E-state index in [1.165, 1.54) is 7.11 Å². The summed E-state index contributed by atoms with van der Waals surface area (Å²) in [6.45, 7) is 4.66. The van der Waals surface area contributed by atoms with Gasteiger partial charge in [0, 0.05) is 11.1 Å². The highest BCUT2D eigenvalue weighted by Gasteiger charge is 2.43. The molecule has 0 fully saturated rings. The molecule has 0 bridgehead atoms. The number of rotatable bonds is 6. The molecule has 2 rings (SSSR count). The standard InChI is InChI=1S/C19H20F3NO6/c1-5-8(2)6-10(16(24)25)12-14(23-18(27)19(20,21)22)13-11(7-29-17(13)26)9(3)15(12)28-4/h5,10H,6-7H2,1-4H3,(H,23,27)(H,24,25)/b8-5+. The third-order valence-corrected chi connectivity index (χ3v) is 4.78. The summed E-state index contributed by atoms with van der Waals surface area (Å²) in [7, 11) is 1.23. The van der Waals surface area contributed by atoms with Crippen LogP contribution in [0, 0.1) is 6.92 Å². The first-order valence-electron chi connectivity index (χ1n) is 8.57. The number of methoxy groups -OCH3 is 1. The highest BCUT2D eigenvalue weighted by atomic mass is 19.4. The first-order valence-corrected chi connectivity index (χ1v) is 8.57. The molecule has 0 aliphatic carbocycles. The van der Waals surface area contributed by atoms with Crippen LogP contribution < -0.4 is 10.1 Å². The van der Waals surface area contributed by atoms with Crippen molar-refractivity contribution in [3.63, 3.8) is 0 Å². The number of hydrogen-bond acceptors (Lipinski definition) is 5. The normalized spacial score (nSPS) is 14.9. The van der Waals surface area contributed by atoms with Crippen molar-refractivity contribution >= 4 is 23.5 Å². The number of carbonyl (C=O) groups excluding carboxylic acids is 2. The smallest absolute Gasteiger partial charge is 0.471 e. The van der Waals surface area contributed by atoms with Crippen molar-refractivity contribution in [2.75, 3.05) is 12.4 Å². The molecule has 1 aliphatic rings. The fraction of sp³-hybridized carbons (Fsp3) is 0.421. The van der Waals surface area contributed by atoms with Gasteiger partial charge in [-0.3, -0.25) is 9.59 Å². The maximum Gasteiger partial charge on any atom is 0.471 e. The van der Waals surface area contributed by atoms with E-state index in [-0.39, 0.29) is 35.5 Å². The zero-order valence-corrected chi connectivity index (χ0v) is 16.2. The Hall–Kier alpha value is -3.04. The fourth-order valence-corrected chi connectivity index (χ4v) is 3.20. The molecule has 0 spiro atoms. The number of cyclic esters (lactones) is 1. The van der Waals surface area contributed by atoms with E-state index >= 15 is 0 Å². The van der Waals surface area contributed by atoms with Crippen LogP contribution in [-0.4, -0.2) is 36.2 Å². The minimum Gasteiger partial charge on any atom is -0.496 e. The molecule has 1 aromatic rings. The van der Waals surface area contributed by atoms with Gasteiger partial charge in [-0.05, 0) is 32.8 Å². The Bertz CT molecular complexity index is 904. The number of hydrogen-bond donors (Lipinski definition) is 2. The first-order chi connectivity index (χ1) is 13.4. The number of esters is 1. The van der Waals surface area contributed by atoms with Crippen LogP contribution in [0.2, 0.25) is 0 Å². The van der Waals surface area contributed by atoms with Gasteiger partial charge in [0.25, 0.3) is 0 Å². The Balaban J connectivity index is 2.87. The van der Waals surface area contributed by atoms with Crippen LogP contribution in [0.1, 0.15) is 53.2 Å². The number of carboxylic acid groups (broad SMARTS) is 1. The van der Waals surface area contributed by atoms with Crippen LogP contribution >= 0.6 is 0 Å². The Kier molecular flexibility index (Phi) is 6.24. The van der Waals surface area contributed by atoms with Crippen molar-refractivity contribution in [1.29, 1.82) is 0 Å². The summed E-state index contributed by atoms with van der Waals surface area (Å²) in [5.41, 5.74) is 0.184. The second kappa shape index (κ2) is 8.14. The second-order valence-corrected chi connectivity index (χ2v) is 6.56. The number of halogens is 3. The molecule has 0 saturated carbocycles. The summed E-state index contributed by atoms with van der Waals surface area (Å²) in [6.07, 6.45) is -3.65. The van der Waals surface area contributed by atoms with Gasteiger partial charge < -0.3 is 19.9 Å². The van der Waals surface area contributed by atoms with Crippen LogP contribution in [0.25, 0.3) is 0 Å². The summed E-state index contributed by atoms with van der Waals surface area (Å²) in [6, 6.07) is 0. The van der Waals surface area contributed by atoms with Crippen molar-refractivity contribution in [1.82, 2.24) is 0 Å². The highest BCUT2D eigenvalue weighted by Crippen LogP contribution is 2.46. The predicted octanol–water partition coefficient (Wildman–Crippen LogP) is 3.70. The van der Waals surface area contributed by atoms with E-state index in [9.17, 15) is 32.7 Å².